The summed E-state index contributed by atoms with van der Waals surface area (Å²) in [6, 6.07) is 0. The summed E-state index contributed by atoms with van der Waals surface area (Å²) in [6.07, 6.45) is 5.36. The Hall–Kier alpha value is -0.940. The van der Waals surface area contributed by atoms with Crippen LogP contribution in [0.4, 0.5) is 0 Å². The second-order valence-electron chi connectivity index (χ2n) is 6.43. The smallest absolute Gasteiger partial charge is 0.226 e. The minimum absolute atomic E-state index is 0.141. The van der Waals surface area contributed by atoms with Gasteiger partial charge in [0, 0.05) is 19.6 Å². The molecule has 0 aliphatic heterocycles. The normalized spacial score (nSPS) is 21.0. The largest absolute Gasteiger partial charge is 0.396 e. The van der Waals surface area contributed by atoms with E-state index in [1.807, 2.05) is 6.92 Å². The lowest BCUT2D eigenvalue weighted by Crippen LogP contribution is -2.38. The van der Waals surface area contributed by atoms with Crippen molar-refractivity contribution in [3.63, 3.8) is 0 Å². The number of hydrogen-bond donors (Lipinski definition) is 1. The van der Waals surface area contributed by atoms with Gasteiger partial charge in [-0.25, -0.2) is 0 Å². The van der Waals surface area contributed by atoms with Gasteiger partial charge in [-0.1, -0.05) is 19.0 Å². The van der Waals surface area contributed by atoms with Crippen LogP contribution in [-0.4, -0.2) is 28.5 Å². The van der Waals surface area contributed by atoms with Crippen LogP contribution in [0.2, 0.25) is 0 Å². The van der Waals surface area contributed by atoms with E-state index < -0.39 is 0 Å². The van der Waals surface area contributed by atoms with Gasteiger partial charge >= 0.3 is 0 Å². The van der Waals surface area contributed by atoms with E-state index in [9.17, 15) is 0 Å². The molecule has 5 nitrogen and oxygen atoms in total. The molecule has 0 radical (unpaired) electrons. The fraction of sp³-hybridized carbons (Fsp3) is 0.867. The Labute approximate surface area is 120 Å². The van der Waals surface area contributed by atoms with E-state index in [0.29, 0.717) is 36.6 Å². The minimum atomic E-state index is -0.384. The van der Waals surface area contributed by atoms with E-state index >= 15 is 0 Å². The van der Waals surface area contributed by atoms with Crippen molar-refractivity contribution in [2.24, 2.45) is 5.41 Å². The Morgan fingerprint density at radius 3 is 2.55 bits per heavy atom. The first kappa shape index (κ1) is 15.4. The number of aromatic nitrogens is 2. The third-order valence-corrected chi connectivity index (χ3v) is 4.26. The molecule has 1 heterocycles. The first-order chi connectivity index (χ1) is 9.51. The van der Waals surface area contributed by atoms with Crippen LogP contribution in [0.15, 0.2) is 4.52 Å². The summed E-state index contributed by atoms with van der Waals surface area (Å²) in [5, 5.41) is 13.0. The molecule has 0 saturated heterocycles. The molecule has 114 valence electrons. The lowest BCUT2D eigenvalue weighted by Gasteiger charge is -2.41. The molecule has 0 unspecified atom stereocenters. The zero-order chi connectivity index (χ0) is 14.6. The molecule has 1 N–H and O–H groups in total. The zero-order valence-corrected chi connectivity index (χ0v) is 12.8. The molecule has 1 aliphatic rings. The fourth-order valence-corrected chi connectivity index (χ4v) is 2.81. The number of nitrogens with zero attached hydrogens (tertiary/aromatic N) is 2. The quantitative estimate of drug-likeness (QED) is 0.869. The maximum absolute atomic E-state index is 8.86. The van der Waals surface area contributed by atoms with Gasteiger partial charge in [0.2, 0.25) is 11.7 Å². The Kier molecular flexibility index (Phi) is 4.81. The van der Waals surface area contributed by atoms with E-state index in [2.05, 4.69) is 24.0 Å². The molecule has 0 aromatic carbocycles. The summed E-state index contributed by atoms with van der Waals surface area (Å²) in [7, 11) is 0. The van der Waals surface area contributed by atoms with E-state index in [1.165, 1.54) is 0 Å². The summed E-state index contributed by atoms with van der Waals surface area (Å²) in [6.45, 7) is 7.40. The highest BCUT2D eigenvalue weighted by atomic mass is 16.5. The lowest BCUT2D eigenvalue weighted by molar-refractivity contribution is -0.0957. The number of hydrogen-bond acceptors (Lipinski definition) is 5. The van der Waals surface area contributed by atoms with Crippen molar-refractivity contribution in [1.82, 2.24) is 10.1 Å². The predicted molar refractivity (Wildman–Crippen MR) is 75.3 cm³/mol. The first-order valence-corrected chi connectivity index (χ1v) is 7.59. The van der Waals surface area contributed by atoms with Crippen LogP contribution in [0.3, 0.4) is 0 Å². The standard InChI is InChI=1S/C15H26N2O3/c1-4-19-15(9-7-14(2,3)8-10-15)13-16-12(20-17-13)6-5-11-18/h18H,4-11H2,1-3H3. The fourth-order valence-electron chi connectivity index (χ4n) is 2.81. The van der Waals surface area contributed by atoms with Crippen LogP contribution in [0, 0.1) is 5.41 Å². The topological polar surface area (TPSA) is 68.4 Å². The zero-order valence-electron chi connectivity index (χ0n) is 12.8. The van der Waals surface area contributed by atoms with E-state index in [-0.39, 0.29) is 12.2 Å². The summed E-state index contributed by atoms with van der Waals surface area (Å²) < 4.78 is 11.3. The molecule has 0 bridgehead atoms. The molecule has 1 saturated carbocycles. The van der Waals surface area contributed by atoms with Crippen LogP contribution >= 0.6 is 0 Å². The number of ether oxygens (including phenoxy) is 1. The molecule has 20 heavy (non-hydrogen) atoms. The second-order valence-corrected chi connectivity index (χ2v) is 6.43. The Balaban J connectivity index is 2.14. The highest BCUT2D eigenvalue weighted by molar-refractivity contribution is 5.05. The molecular formula is C15H26N2O3. The lowest BCUT2D eigenvalue weighted by atomic mass is 9.70. The Morgan fingerprint density at radius 1 is 1.25 bits per heavy atom. The molecule has 1 aliphatic carbocycles. The van der Waals surface area contributed by atoms with Crippen LogP contribution in [-0.2, 0) is 16.8 Å². The summed E-state index contributed by atoms with van der Waals surface area (Å²) in [5.74, 6) is 1.28. The van der Waals surface area contributed by atoms with Crippen molar-refractivity contribution < 1.29 is 14.4 Å². The van der Waals surface area contributed by atoms with Gasteiger partial charge in [-0.3, -0.25) is 0 Å². The predicted octanol–water partition coefficient (Wildman–Crippen LogP) is 2.83. The third kappa shape index (κ3) is 3.38. The first-order valence-electron chi connectivity index (χ1n) is 7.59. The van der Waals surface area contributed by atoms with Gasteiger partial charge in [0.1, 0.15) is 5.60 Å². The second kappa shape index (κ2) is 6.22. The van der Waals surface area contributed by atoms with Gasteiger partial charge in [-0.05, 0) is 44.4 Å². The van der Waals surface area contributed by atoms with Crippen molar-refractivity contribution in [3.8, 4) is 0 Å². The van der Waals surface area contributed by atoms with Crippen LogP contribution in [0.25, 0.3) is 0 Å². The van der Waals surface area contributed by atoms with Gasteiger partial charge < -0.3 is 14.4 Å². The maximum atomic E-state index is 8.86. The molecule has 0 spiro atoms. The summed E-state index contributed by atoms with van der Waals surface area (Å²) in [4.78, 5) is 4.50. The van der Waals surface area contributed by atoms with E-state index in [0.717, 1.165) is 25.7 Å². The highest BCUT2D eigenvalue weighted by Crippen LogP contribution is 2.46. The average molecular weight is 282 g/mol. The molecule has 1 fully saturated rings. The summed E-state index contributed by atoms with van der Waals surface area (Å²) in [5.41, 5.74) is -0.0186. The van der Waals surface area contributed by atoms with Crippen LogP contribution in [0.1, 0.15) is 64.6 Å². The Bertz CT molecular complexity index is 419. The third-order valence-electron chi connectivity index (χ3n) is 4.26. The maximum Gasteiger partial charge on any atom is 0.226 e. The van der Waals surface area contributed by atoms with Gasteiger partial charge in [0.05, 0.1) is 0 Å². The SMILES string of the molecule is CCOC1(c2noc(CCCO)n2)CCC(C)(C)CC1. The van der Waals surface area contributed by atoms with Crippen molar-refractivity contribution in [3.05, 3.63) is 11.7 Å². The molecule has 0 amide bonds. The molecule has 1 aromatic rings. The molecule has 0 atom stereocenters. The Morgan fingerprint density at radius 2 is 1.95 bits per heavy atom. The van der Waals surface area contributed by atoms with Crippen LogP contribution in [0.5, 0.6) is 0 Å². The minimum Gasteiger partial charge on any atom is -0.396 e. The monoisotopic (exact) mass is 282 g/mol. The van der Waals surface area contributed by atoms with Crippen molar-refractivity contribution in [2.75, 3.05) is 13.2 Å². The number of aliphatic hydroxyl groups is 1. The van der Waals surface area contributed by atoms with Gasteiger partial charge in [0.25, 0.3) is 0 Å². The number of aryl methyl sites for hydroxylation is 1. The van der Waals surface area contributed by atoms with Crippen LogP contribution < -0.4 is 0 Å². The average Bonchev–Trinajstić information content (AvgIpc) is 2.89. The number of rotatable bonds is 6. The van der Waals surface area contributed by atoms with Crippen molar-refractivity contribution >= 4 is 0 Å². The highest BCUT2D eigenvalue weighted by Gasteiger charge is 2.43. The molecule has 2 rings (SSSR count). The van der Waals surface area contributed by atoms with Crippen molar-refractivity contribution in [1.29, 1.82) is 0 Å². The van der Waals surface area contributed by atoms with E-state index in [1.54, 1.807) is 0 Å². The van der Waals surface area contributed by atoms with Gasteiger partial charge in [0.15, 0.2) is 0 Å². The van der Waals surface area contributed by atoms with Crippen molar-refractivity contribution in [2.45, 2.75) is 64.9 Å². The molecule has 5 heteroatoms. The van der Waals surface area contributed by atoms with Gasteiger partial charge in [-0.2, -0.15) is 4.98 Å². The number of aliphatic hydroxyl groups excluding tert-OH is 1. The van der Waals surface area contributed by atoms with Gasteiger partial charge in [-0.15, -0.1) is 0 Å². The van der Waals surface area contributed by atoms with E-state index in [4.69, 9.17) is 14.4 Å². The summed E-state index contributed by atoms with van der Waals surface area (Å²) >= 11 is 0. The molecular weight excluding hydrogens is 256 g/mol. The molecule has 1 aromatic heterocycles.